The lowest BCUT2D eigenvalue weighted by Crippen LogP contribution is -2.25. The third-order valence-electron chi connectivity index (χ3n) is 3.15. The average molecular weight is 319 g/mol. The summed E-state index contributed by atoms with van der Waals surface area (Å²) in [7, 11) is 1.63. The first-order valence-electron chi connectivity index (χ1n) is 7.34. The van der Waals surface area contributed by atoms with Crippen molar-refractivity contribution in [1.82, 2.24) is 5.32 Å². The molecule has 1 heterocycles. The third-order valence-corrected chi connectivity index (χ3v) is 4.09. The second-order valence-electron chi connectivity index (χ2n) is 4.81. The zero-order valence-corrected chi connectivity index (χ0v) is 13.5. The molecule has 0 saturated heterocycles. The van der Waals surface area contributed by atoms with E-state index in [1.807, 2.05) is 35.7 Å². The van der Waals surface area contributed by atoms with Gasteiger partial charge in [-0.3, -0.25) is 4.79 Å². The van der Waals surface area contributed by atoms with Crippen LogP contribution in [0, 0.1) is 0 Å². The van der Waals surface area contributed by atoms with Crippen molar-refractivity contribution in [3.63, 3.8) is 0 Å². The van der Waals surface area contributed by atoms with Gasteiger partial charge in [0, 0.05) is 17.8 Å². The third kappa shape index (κ3) is 5.77. The molecular formula is C17H21NO3S. The summed E-state index contributed by atoms with van der Waals surface area (Å²) in [4.78, 5) is 13.0. The van der Waals surface area contributed by atoms with E-state index in [-0.39, 0.29) is 5.91 Å². The molecule has 0 atom stereocenters. The Labute approximate surface area is 135 Å². The van der Waals surface area contributed by atoms with Crippen LogP contribution in [0.15, 0.2) is 41.8 Å². The Hall–Kier alpha value is -2.01. The maximum atomic E-state index is 11.7. The molecule has 0 aliphatic carbocycles. The first-order valence-corrected chi connectivity index (χ1v) is 8.22. The number of methoxy groups -OCH3 is 1. The lowest BCUT2D eigenvalue weighted by molar-refractivity contribution is -0.121. The average Bonchev–Trinajstić information content (AvgIpc) is 3.05. The van der Waals surface area contributed by atoms with Gasteiger partial charge in [0.15, 0.2) is 0 Å². The molecule has 118 valence electrons. The fraction of sp³-hybridized carbons (Fsp3) is 0.353. The number of ether oxygens (including phenoxy) is 2. The molecule has 0 radical (unpaired) electrons. The highest BCUT2D eigenvalue weighted by molar-refractivity contribution is 7.09. The Morgan fingerprint density at radius 1 is 1.18 bits per heavy atom. The number of carbonyl (C=O) groups excluding carboxylic acids is 1. The van der Waals surface area contributed by atoms with Crippen molar-refractivity contribution in [2.75, 3.05) is 20.3 Å². The van der Waals surface area contributed by atoms with Crippen LogP contribution in [0.1, 0.15) is 17.7 Å². The van der Waals surface area contributed by atoms with Crippen molar-refractivity contribution < 1.29 is 14.3 Å². The SMILES string of the molecule is COc1ccc(OCCCC(=O)NCCc2cccs2)cc1. The summed E-state index contributed by atoms with van der Waals surface area (Å²) in [5.74, 6) is 1.67. The number of carbonyl (C=O) groups is 1. The normalized spacial score (nSPS) is 10.2. The molecule has 5 heteroatoms. The monoisotopic (exact) mass is 319 g/mol. The lowest BCUT2D eigenvalue weighted by Gasteiger charge is -2.07. The first-order chi connectivity index (χ1) is 10.8. The highest BCUT2D eigenvalue weighted by Gasteiger charge is 2.02. The summed E-state index contributed by atoms with van der Waals surface area (Å²) in [6, 6.07) is 11.5. The van der Waals surface area contributed by atoms with E-state index in [1.165, 1.54) is 4.88 Å². The van der Waals surface area contributed by atoms with Crippen LogP contribution in [0.5, 0.6) is 11.5 Å². The number of thiophene rings is 1. The topological polar surface area (TPSA) is 47.6 Å². The van der Waals surface area contributed by atoms with Crippen molar-refractivity contribution in [3.05, 3.63) is 46.7 Å². The highest BCUT2D eigenvalue weighted by Crippen LogP contribution is 2.17. The molecule has 2 aromatic rings. The molecule has 0 aliphatic heterocycles. The minimum atomic E-state index is 0.0786. The molecule has 0 bridgehead atoms. The molecule has 22 heavy (non-hydrogen) atoms. The smallest absolute Gasteiger partial charge is 0.220 e. The van der Waals surface area contributed by atoms with Gasteiger partial charge in [0.1, 0.15) is 11.5 Å². The van der Waals surface area contributed by atoms with Gasteiger partial charge in [-0.2, -0.15) is 0 Å². The summed E-state index contributed by atoms with van der Waals surface area (Å²) in [5.41, 5.74) is 0. The molecule has 2 rings (SSSR count). The van der Waals surface area contributed by atoms with E-state index in [0.717, 1.165) is 17.9 Å². The summed E-state index contributed by atoms with van der Waals surface area (Å²) < 4.78 is 10.7. The first kappa shape index (κ1) is 16.4. The molecule has 1 N–H and O–H groups in total. The van der Waals surface area contributed by atoms with Gasteiger partial charge in [0.05, 0.1) is 13.7 Å². The van der Waals surface area contributed by atoms with Crippen molar-refractivity contribution >= 4 is 17.2 Å². The van der Waals surface area contributed by atoms with E-state index >= 15 is 0 Å². The molecule has 0 saturated carbocycles. The fourth-order valence-corrected chi connectivity index (χ4v) is 2.67. The maximum absolute atomic E-state index is 11.7. The predicted molar refractivity (Wildman–Crippen MR) is 88.8 cm³/mol. The zero-order valence-electron chi connectivity index (χ0n) is 12.7. The number of amides is 1. The Morgan fingerprint density at radius 3 is 2.64 bits per heavy atom. The number of nitrogens with one attached hydrogen (secondary N) is 1. The molecule has 1 amide bonds. The van der Waals surface area contributed by atoms with Crippen molar-refractivity contribution in [2.24, 2.45) is 0 Å². The second-order valence-corrected chi connectivity index (χ2v) is 5.84. The zero-order chi connectivity index (χ0) is 15.6. The van der Waals surface area contributed by atoms with E-state index in [9.17, 15) is 4.79 Å². The van der Waals surface area contributed by atoms with E-state index in [0.29, 0.717) is 26.0 Å². The second kappa shape index (κ2) is 9.10. The van der Waals surface area contributed by atoms with Crippen molar-refractivity contribution in [2.45, 2.75) is 19.3 Å². The van der Waals surface area contributed by atoms with Gasteiger partial charge in [-0.05, 0) is 48.6 Å². The summed E-state index contributed by atoms with van der Waals surface area (Å²) in [6.45, 7) is 1.23. The van der Waals surface area contributed by atoms with Crippen LogP contribution >= 0.6 is 11.3 Å². The molecule has 1 aromatic carbocycles. The molecule has 1 aromatic heterocycles. The maximum Gasteiger partial charge on any atom is 0.220 e. The molecule has 0 aliphatic rings. The van der Waals surface area contributed by atoms with Crippen LogP contribution in [0.3, 0.4) is 0 Å². The predicted octanol–water partition coefficient (Wildman–Crippen LogP) is 3.27. The van der Waals surface area contributed by atoms with E-state index in [4.69, 9.17) is 9.47 Å². The largest absolute Gasteiger partial charge is 0.497 e. The minimum absolute atomic E-state index is 0.0786. The summed E-state index contributed by atoms with van der Waals surface area (Å²) in [5, 5.41) is 4.98. The Balaban J connectivity index is 1.54. The van der Waals surface area contributed by atoms with Gasteiger partial charge in [-0.15, -0.1) is 11.3 Å². The molecule has 0 spiro atoms. The van der Waals surface area contributed by atoms with Gasteiger partial charge in [0.25, 0.3) is 0 Å². The van der Waals surface area contributed by atoms with Crippen molar-refractivity contribution in [3.8, 4) is 11.5 Å². The molecule has 0 unspecified atom stereocenters. The fourth-order valence-electron chi connectivity index (χ4n) is 1.96. The highest BCUT2D eigenvalue weighted by atomic mass is 32.1. The van der Waals surface area contributed by atoms with Gasteiger partial charge in [0.2, 0.25) is 5.91 Å². The number of hydrogen-bond donors (Lipinski definition) is 1. The summed E-state index contributed by atoms with van der Waals surface area (Å²) >= 11 is 1.72. The van der Waals surface area contributed by atoms with Crippen LogP contribution in [0.2, 0.25) is 0 Å². The minimum Gasteiger partial charge on any atom is -0.497 e. The number of rotatable bonds is 9. The van der Waals surface area contributed by atoms with Gasteiger partial charge < -0.3 is 14.8 Å². The van der Waals surface area contributed by atoms with Crippen LogP contribution in [0.4, 0.5) is 0 Å². The number of hydrogen-bond acceptors (Lipinski definition) is 4. The summed E-state index contributed by atoms with van der Waals surface area (Å²) in [6.07, 6.45) is 2.09. The molecule has 0 fully saturated rings. The van der Waals surface area contributed by atoms with Crippen LogP contribution in [-0.2, 0) is 11.2 Å². The van der Waals surface area contributed by atoms with E-state index in [1.54, 1.807) is 18.4 Å². The van der Waals surface area contributed by atoms with Gasteiger partial charge >= 0.3 is 0 Å². The van der Waals surface area contributed by atoms with Crippen LogP contribution in [0.25, 0.3) is 0 Å². The Kier molecular flexibility index (Phi) is 6.77. The van der Waals surface area contributed by atoms with Crippen LogP contribution < -0.4 is 14.8 Å². The van der Waals surface area contributed by atoms with Gasteiger partial charge in [-0.1, -0.05) is 6.07 Å². The van der Waals surface area contributed by atoms with E-state index in [2.05, 4.69) is 11.4 Å². The Morgan fingerprint density at radius 2 is 1.95 bits per heavy atom. The lowest BCUT2D eigenvalue weighted by atomic mass is 10.3. The van der Waals surface area contributed by atoms with Crippen molar-refractivity contribution in [1.29, 1.82) is 0 Å². The quantitative estimate of drug-likeness (QED) is 0.722. The number of benzene rings is 1. The standard InChI is InChI=1S/C17H21NO3S/c1-20-14-6-8-15(9-7-14)21-12-2-5-17(19)18-11-10-16-4-3-13-22-16/h3-4,6-9,13H,2,5,10-12H2,1H3,(H,18,19). The molecule has 4 nitrogen and oxygen atoms in total. The van der Waals surface area contributed by atoms with Crippen LogP contribution in [-0.4, -0.2) is 26.2 Å². The Bertz CT molecular complexity index is 552. The van der Waals surface area contributed by atoms with E-state index < -0.39 is 0 Å². The molecular weight excluding hydrogens is 298 g/mol. The van der Waals surface area contributed by atoms with Gasteiger partial charge in [-0.25, -0.2) is 0 Å².